The van der Waals surface area contributed by atoms with Gasteiger partial charge in [-0.05, 0) is 85.9 Å². The molecule has 2 N–H and O–H groups in total. The second-order valence-electron chi connectivity index (χ2n) is 10.7. The lowest BCUT2D eigenvalue weighted by molar-refractivity contribution is 0.0220. The van der Waals surface area contributed by atoms with Crippen molar-refractivity contribution in [3.63, 3.8) is 0 Å². The number of hydrogen-bond donors (Lipinski definition) is 2. The number of anilines is 1. The van der Waals surface area contributed by atoms with Crippen molar-refractivity contribution in [1.82, 2.24) is 4.90 Å². The van der Waals surface area contributed by atoms with Gasteiger partial charge in [0.2, 0.25) is 10.0 Å². The highest BCUT2D eigenvalue weighted by Crippen LogP contribution is 2.47. The lowest BCUT2D eigenvalue weighted by Gasteiger charge is -2.51. The van der Waals surface area contributed by atoms with E-state index in [1.165, 1.54) is 42.2 Å². The number of benzene rings is 2. The summed E-state index contributed by atoms with van der Waals surface area (Å²) in [5.74, 6) is 0. The molecule has 5 nitrogen and oxygen atoms in total. The Morgan fingerprint density at radius 2 is 1.85 bits per heavy atom. The van der Waals surface area contributed by atoms with Crippen molar-refractivity contribution in [1.29, 1.82) is 0 Å². The largest absolute Gasteiger partial charge is 0.389 e. The van der Waals surface area contributed by atoms with E-state index in [-0.39, 0.29) is 5.41 Å². The van der Waals surface area contributed by atoms with Crippen LogP contribution in [0.1, 0.15) is 61.6 Å². The number of hydrogen-bond acceptors (Lipinski definition) is 4. The van der Waals surface area contributed by atoms with E-state index in [1.807, 2.05) is 18.2 Å². The maximum Gasteiger partial charge on any atom is 0.229 e. The van der Waals surface area contributed by atoms with Crippen LogP contribution in [-0.4, -0.2) is 49.4 Å². The molecule has 6 heteroatoms. The summed E-state index contributed by atoms with van der Waals surface area (Å²) in [7, 11) is -3.28. The molecular formula is C27H36N2O3S. The van der Waals surface area contributed by atoms with Crippen molar-refractivity contribution in [2.75, 3.05) is 24.1 Å². The Morgan fingerprint density at radius 3 is 2.58 bits per heavy atom. The predicted molar refractivity (Wildman–Crippen MR) is 133 cm³/mol. The van der Waals surface area contributed by atoms with Gasteiger partial charge in [-0.25, -0.2) is 8.42 Å². The van der Waals surface area contributed by atoms with E-state index in [0.29, 0.717) is 11.7 Å². The Morgan fingerprint density at radius 1 is 1.09 bits per heavy atom. The second kappa shape index (κ2) is 8.71. The van der Waals surface area contributed by atoms with Crippen LogP contribution in [0.4, 0.5) is 5.69 Å². The van der Waals surface area contributed by atoms with Crippen molar-refractivity contribution >= 4 is 15.7 Å². The van der Waals surface area contributed by atoms with Crippen LogP contribution in [0.3, 0.4) is 0 Å². The SMILES string of the molecule is CS(=O)(=O)Nc1cccc(C23CCCC(C2)N(CCCC2(O)Cc4ccccc4C2)CC3)c1. The monoisotopic (exact) mass is 468 g/mol. The molecule has 0 spiro atoms. The third kappa shape index (κ3) is 4.98. The Hall–Kier alpha value is -1.89. The second-order valence-corrected chi connectivity index (χ2v) is 12.5. The Labute approximate surface area is 198 Å². The number of nitrogens with one attached hydrogen (secondary N) is 1. The van der Waals surface area contributed by atoms with Gasteiger partial charge in [0.15, 0.2) is 0 Å². The molecule has 1 saturated heterocycles. The maximum atomic E-state index is 11.7. The van der Waals surface area contributed by atoms with E-state index in [4.69, 9.17) is 0 Å². The number of nitrogens with zero attached hydrogens (tertiary/aromatic N) is 1. The van der Waals surface area contributed by atoms with E-state index in [9.17, 15) is 13.5 Å². The molecule has 1 heterocycles. The van der Waals surface area contributed by atoms with Gasteiger partial charge < -0.3 is 10.0 Å². The van der Waals surface area contributed by atoms with Crippen LogP contribution in [0.15, 0.2) is 48.5 Å². The number of fused-ring (bicyclic) bond motifs is 3. The Balaban J connectivity index is 1.20. The van der Waals surface area contributed by atoms with Crippen molar-refractivity contribution < 1.29 is 13.5 Å². The number of rotatable bonds is 7. The topological polar surface area (TPSA) is 69.6 Å². The van der Waals surface area contributed by atoms with Crippen molar-refractivity contribution in [3.05, 3.63) is 65.2 Å². The molecule has 2 bridgehead atoms. The van der Waals surface area contributed by atoms with Gasteiger partial charge in [0.1, 0.15) is 0 Å². The molecule has 2 atom stereocenters. The first-order valence-corrected chi connectivity index (χ1v) is 14.2. The summed E-state index contributed by atoms with van der Waals surface area (Å²) in [6, 6.07) is 17.1. The van der Waals surface area contributed by atoms with Crippen molar-refractivity contribution in [2.24, 2.45) is 0 Å². The van der Waals surface area contributed by atoms with Gasteiger partial charge in [-0.15, -0.1) is 0 Å². The van der Waals surface area contributed by atoms with Crippen LogP contribution in [-0.2, 0) is 28.3 Å². The first-order chi connectivity index (χ1) is 15.7. The number of sulfonamides is 1. The molecule has 1 aliphatic heterocycles. The summed E-state index contributed by atoms with van der Waals surface area (Å²) in [6.07, 6.45) is 10.5. The van der Waals surface area contributed by atoms with E-state index in [1.54, 1.807) is 0 Å². The predicted octanol–water partition coefficient (Wildman–Crippen LogP) is 4.25. The molecule has 2 aliphatic carbocycles. The molecule has 2 aromatic carbocycles. The molecule has 33 heavy (non-hydrogen) atoms. The summed E-state index contributed by atoms with van der Waals surface area (Å²) in [5, 5.41) is 11.1. The van der Waals surface area contributed by atoms with Crippen LogP contribution in [0.25, 0.3) is 0 Å². The lowest BCUT2D eigenvalue weighted by atomic mass is 9.63. The first-order valence-electron chi connectivity index (χ1n) is 12.4. The lowest BCUT2D eigenvalue weighted by Crippen LogP contribution is -2.52. The normalized spacial score (nSPS) is 26.7. The average molecular weight is 469 g/mol. The standard InChI is InChI=1S/C27H36N2O3S/c1-33(31,32)28-24-10-4-9-23(17-24)26-12-5-11-25(20-26)29(16-14-26)15-6-13-27(30)18-21-7-2-3-8-22(21)19-27/h2-4,7-10,17,25,28,30H,5-6,11-16,18-20H2,1H3. The molecule has 0 radical (unpaired) electrons. The van der Waals surface area contributed by atoms with Crippen LogP contribution < -0.4 is 4.72 Å². The van der Waals surface area contributed by atoms with Gasteiger partial charge in [0.25, 0.3) is 0 Å². The first kappa shape index (κ1) is 22.9. The zero-order chi connectivity index (χ0) is 23.1. The van der Waals surface area contributed by atoms with E-state index < -0.39 is 15.6 Å². The third-order valence-corrected chi connectivity index (χ3v) is 8.84. The van der Waals surface area contributed by atoms with Crippen molar-refractivity contribution in [3.8, 4) is 0 Å². The summed E-state index contributed by atoms with van der Waals surface area (Å²) in [5.41, 5.74) is 4.13. The van der Waals surface area contributed by atoms with E-state index in [2.05, 4.69) is 40.0 Å². The van der Waals surface area contributed by atoms with E-state index >= 15 is 0 Å². The molecule has 0 aromatic heterocycles. The fourth-order valence-electron chi connectivity index (χ4n) is 6.70. The summed E-state index contributed by atoms with van der Waals surface area (Å²) >= 11 is 0. The van der Waals surface area contributed by atoms with Crippen molar-refractivity contribution in [2.45, 2.75) is 74.8 Å². The molecule has 1 saturated carbocycles. The molecular weight excluding hydrogens is 432 g/mol. The maximum absolute atomic E-state index is 11.7. The molecule has 2 fully saturated rings. The van der Waals surface area contributed by atoms with Gasteiger partial charge in [0, 0.05) is 24.6 Å². The average Bonchev–Trinajstić information content (AvgIpc) is 3.11. The molecule has 2 aromatic rings. The number of piperidine rings is 1. The molecule has 178 valence electrons. The Kier molecular flexibility index (Phi) is 6.04. The zero-order valence-corrected chi connectivity index (χ0v) is 20.4. The number of aliphatic hydroxyl groups is 1. The third-order valence-electron chi connectivity index (χ3n) is 8.24. The summed E-state index contributed by atoms with van der Waals surface area (Å²) in [6.45, 7) is 2.13. The highest BCUT2D eigenvalue weighted by Gasteiger charge is 2.44. The molecule has 5 rings (SSSR count). The van der Waals surface area contributed by atoms with Gasteiger partial charge in [-0.3, -0.25) is 4.72 Å². The van der Waals surface area contributed by atoms with Crippen LogP contribution in [0.2, 0.25) is 0 Å². The van der Waals surface area contributed by atoms with Gasteiger partial charge in [0.05, 0.1) is 11.9 Å². The smallest absolute Gasteiger partial charge is 0.229 e. The minimum Gasteiger partial charge on any atom is -0.389 e. The van der Waals surface area contributed by atoms with Gasteiger partial charge in [-0.1, -0.05) is 42.8 Å². The molecule has 0 amide bonds. The van der Waals surface area contributed by atoms with Crippen LogP contribution in [0.5, 0.6) is 0 Å². The van der Waals surface area contributed by atoms with Gasteiger partial charge >= 0.3 is 0 Å². The Bertz CT molecular complexity index is 1090. The highest BCUT2D eigenvalue weighted by atomic mass is 32.2. The highest BCUT2D eigenvalue weighted by molar-refractivity contribution is 7.92. The molecule has 3 aliphatic rings. The van der Waals surface area contributed by atoms with E-state index in [0.717, 1.165) is 51.6 Å². The molecule has 2 unspecified atom stereocenters. The van der Waals surface area contributed by atoms with Crippen LogP contribution >= 0.6 is 0 Å². The minimum absolute atomic E-state index is 0.153. The van der Waals surface area contributed by atoms with Crippen LogP contribution in [0, 0.1) is 0 Å². The quantitative estimate of drug-likeness (QED) is 0.637. The fourth-order valence-corrected chi connectivity index (χ4v) is 7.25. The fraction of sp³-hybridized carbons (Fsp3) is 0.556. The van der Waals surface area contributed by atoms with Gasteiger partial charge in [-0.2, -0.15) is 0 Å². The summed E-state index contributed by atoms with van der Waals surface area (Å²) in [4.78, 5) is 2.65. The number of likely N-dealkylation sites (tertiary alicyclic amines) is 1. The zero-order valence-electron chi connectivity index (χ0n) is 19.6. The summed E-state index contributed by atoms with van der Waals surface area (Å²) < 4.78 is 26.0. The minimum atomic E-state index is -3.28.